The van der Waals surface area contributed by atoms with Crippen molar-refractivity contribution in [3.05, 3.63) is 64.9 Å². The summed E-state index contributed by atoms with van der Waals surface area (Å²) < 4.78 is 35.8. The number of carbonyl (C=O) groups is 1. The van der Waals surface area contributed by atoms with E-state index in [4.69, 9.17) is 0 Å². The van der Waals surface area contributed by atoms with Gasteiger partial charge in [-0.05, 0) is 35.7 Å². The van der Waals surface area contributed by atoms with E-state index in [1.807, 2.05) is 0 Å². The average Bonchev–Trinajstić information content (AvgIpc) is 3.32. The van der Waals surface area contributed by atoms with Crippen LogP contribution in [0.15, 0.2) is 64.9 Å². The van der Waals surface area contributed by atoms with E-state index in [2.05, 4.69) is 18.8 Å². The summed E-state index contributed by atoms with van der Waals surface area (Å²) in [5, 5.41) is 4.44. The molecule has 0 radical (unpaired) electrons. The average molecular weight is 417 g/mol. The second-order valence-corrected chi connectivity index (χ2v) is 8.60. The van der Waals surface area contributed by atoms with Crippen LogP contribution in [0, 0.1) is 0 Å². The molecule has 0 unspecified atom stereocenters. The van der Waals surface area contributed by atoms with Crippen LogP contribution in [0.3, 0.4) is 0 Å². The van der Waals surface area contributed by atoms with E-state index < -0.39 is 15.9 Å². The minimum Gasteiger partial charge on any atom is -0.319 e. The largest absolute Gasteiger partial charge is 0.319 e. The van der Waals surface area contributed by atoms with Crippen molar-refractivity contribution in [2.45, 2.75) is 4.90 Å². The van der Waals surface area contributed by atoms with E-state index in [-0.39, 0.29) is 15.5 Å². The molecule has 0 saturated carbocycles. The Morgan fingerprint density at radius 3 is 2.56 bits per heavy atom. The van der Waals surface area contributed by atoms with Gasteiger partial charge < -0.3 is 5.32 Å². The van der Waals surface area contributed by atoms with Gasteiger partial charge in [-0.3, -0.25) is 9.52 Å². The lowest BCUT2D eigenvalue weighted by atomic mass is 10.2. The molecule has 1 amide bonds. The number of hydrogen-bond donors (Lipinski definition) is 2. The van der Waals surface area contributed by atoms with E-state index in [9.17, 15) is 13.2 Å². The van der Waals surface area contributed by atoms with Gasteiger partial charge in [-0.2, -0.15) is 8.75 Å². The zero-order valence-electron chi connectivity index (χ0n) is 13.6. The van der Waals surface area contributed by atoms with E-state index in [1.54, 1.807) is 47.8 Å². The number of hydrogen-bond acceptors (Lipinski definition) is 7. The number of carbonyl (C=O) groups excluding carboxylic acids is 1. The van der Waals surface area contributed by atoms with Gasteiger partial charge in [0, 0.05) is 0 Å². The first kappa shape index (κ1) is 17.6. The molecule has 2 heterocycles. The number of sulfonamides is 1. The molecule has 0 saturated heterocycles. The molecule has 136 valence electrons. The molecular formula is C17H12N4O3S3. The fourth-order valence-electron chi connectivity index (χ4n) is 2.45. The van der Waals surface area contributed by atoms with Crippen LogP contribution in [0.2, 0.25) is 0 Å². The topological polar surface area (TPSA) is 101 Å². The molecule has 4 aromatic rings. The molecule has 27 heavy (non-hydrogen) atoms. The van der Waals surface area contributed by atoms with E-state index in [0.29, 0.717) is 16.7 Å². The summed E-state index contributed by atoms with van der Waals surface area (Å²) in [6, 6.07) is 14.8. The molecule has 0 atom stereocenters. The van der Waals surface area contributed by atoms with Crippen molar-refractivity contribution >= 4 is 61.4 Å². The summed E-state index contributed by atoms with van der Waals surface area (Å²) in [6.07, 6.45) is 0. The highest BCUT2D eigenvalue weighted by molar-refractivity contribution is 7.92. The van der Waals surface area contributed by atoms with E-state index >= 15 is 0 Å². The predicted molar refractivity (Wildman–Crippen MR) is 107 cm³/mol. The van der Waals surface area contributed by atoms with Crippen molar-refractivity contribution in [1.82, 2.24) is 8.75 Å². The van der Waals surface area contributed by atoms with Gasteiger partial charge in [0.15, 0.2) is 0 Å². The van der Waals surface area contributed by atoms with Crippen molar-refractivity contribution in [1.29, 1.82) is 0 Å². The lowest BCUT2D eigenvalue weighted by Gasteiger charge is -2.09. The Labute approximate surface area is 163 Å². The third kappa shape index (κ3) is 3.54. The lowest BCUT2D eigenvalue weighted by molar-refractivity contribution is 0.103. The Morgan fingerprint density at radius 1 is 0.926 bits per heavy atom. The minimum atomic E-state index is -3.78. The fourth-order valence-corrected chi connectivity index (χ4v) is 4.91. The second kappa shape index (κ2) is 7.06. The highest BCUT2D eigenvalue weighted by Crippen LogP contribution is 2.28. The molecule has 0 aliphatic carbocycles. The molecule has 0 aliphatic heterocycles. The van der Waals surface area contributed by atoms with E-state index in [0.717, 1.165) is 23.1 Å². The maximum absolute atomic E-state index is 12.7. The summed E-state index contributed by atoms with van der Waals surface area (Å²) >= 11 is 2.21. The summed E-state index contributed by atoms with van der Waals surface area (Å²) in [7, 11) is -3.78. The number of nitrogens with one attached hydrogen (secondary N) is 2. The van der Waals surface area contributed by atoms with Crippen LogP contribution in [0.1, 0.15) is 9.67 Å². The van der Waals surface area contributed by atoms with Gasteiger partial charge in [-0.15, -0.1) is 11.3 Å². The number of amides is 1. The van der Waals surface area contributed by atoms with Gasteiger partial charge in [-0.1, -0.05) is 24.3 Å². The summed E-state index contributed by atoms with van der Waals surface area (Å²) in [5.41, 5.74) is 2.04. The Kier molecular flexibility index (Phi) is 4.60. The van der Waals surface area contributed by atoms with E-state index in [1.165, 1.54) is 12.1 Å². The normalized spacial score (nSPS) is 11.4. The predicted octanol–water partition coefficient (Wildman–Crippen LogP) is 3.81. The van der Waals surface area contributed by atoms with Gasteiger partial charge in [0.05, 0.1) is 28.0 Å². The summed E-state index contributed by atoms with van der Waals surface area (Å²) in [6.45, 7) is 0. The zero-order valence-corrected chi connectivity index (χ0v) is 16.1. The van der Waals surface area contributed by atoms with Crippen molar-refractivity contribution < 1.29 is 13.2 Å². The maximum Gasteiger partial charge on any atom is 0.267 e. The van der Waals surface area contributed by atoms with Crippen LogP contribution in [0.4, 0.5) is 11.4 Å². The zero-order chi connectivity index (χ0) is 18.9. The quantitative estimate of drug-likeness (QED) is 0.515. The van der Waals surface area contributed by atoms with Crippen molar-refractivity contribution in [2.24, 2.45) is 0 Å². The van der Waals surface area contributed by atoms with Crippen LogP contribution in [0.5, 0.6) is 0 Å². The molecule has 7 nitrogen and oxygen atoms in total. The molecule has 0 bridgehead atoms. The molecule has 2 aromatic heterocycles. The van der Waals surface area contributed by atoms with Crippen molar-refractivity contribution in [2.75, 3.05) is 10.0 Å². The Morgan fingerprint density at radius 2 is 1.74 bits per heavy atom. The monoisotopic (exact) mass is 416 g/mol. The number of thiophene rings is 1. The highest BCUT2D eigenvalue weighted by Gasteiger charge is 2.20. The second-order valence-electron chi connectivity index (χ2n) is 5.47. The molecule has 4 rings (SSSR count). The number of nitrogens with zero attached hydrogens (tertiary/aromatic N) is 2. The Hall–Kier alpha value is -2.82. The number of anilines is 2. The standard InChI is InChI=1S/C17H12N4O3S3/c22-17(18-12-7-4-8-13-15(12)20-26-19-13)16-14(9-10-25-16)21-27(23,24)11-5-2-1-3-6-11/h1-10,21H,(H,18,22). The molecular weight excluding hydrogens is 404 g/mol. The van der Waals surface area contributed by atoms with Crippen LogP contribution in [-0.2, 0) is 10.0 Å². The van der Waals surface area contributed by atoms with Gasteiger partial charge >= 0.3 is 0 Å². The highest BCUT2D eigenvalue weighted by atomic mass is 32.2. The van der Waals surface area contributed by atoms with Crippen LogP contribution < -0.4 is 10.0 Å². The minimum absolute atomic E-state index is 0.126. The van der Waals surface area contributed by atoms with Crippen LogP contribution in [-0.4, -0.2) is 23.1 Å². The SMILES string of the molecule is O=C(Nc1cccc2nsnc12)c1sccc1NS(=O)(=O)c1ccccc1. The lowest BCUT2D eigenvalue weighted by Crippen LogP contribution is -2.17. The first-order valence-electron chi connectivity index (χ1n) is 7.72. The summed E-state index contributed by atoms with van der Waals surface area (Å²) in [4.78, 5) is 13.1. The first-order valence-corrected chi connectivity index (χ1v) is 10.8. The molecule has 0 spiro atoms. The number of fused-ring (bicyclic) bond motifs is 1. The van der Waals surface area contributed by atoms with Crippen LogP contribution in [0.25, 0.3) is 11.0 Å². The third-order valence-electron chi connectivity index (χ3n) is 3.70. The van der Waals surface area contributed by atoms with Crippen molar-refractivity contribution in [3.8, 4) is 0 Å². The molecule has 10 heteroatoms. The third-order valence-corrected chi connectivity index (χ3v) is 6.54. The molecule has 0 aliphatic rings. The van der Waals surface area contributed by atoms with Crippen molar-refractivity contribution in [3.63, 3.8) is 0 Å². The molecule has 2 aromatic carbocycles. The smallest absolute Gasteiger partial charge is 0.267 e. The Balaban J connectivity index is 1.60. The number of aromatic nitrogens is 2. The molecule has 2 N–H and O–H groups in total. The van der Waals surface area contributed by atoms with Gasteiger partial charge in [0.1, 0.15) is 15.9 Å². The van der Waals surface area contributed by atoms with Gasteiger partial charge in [-0.25, -0.2) is 8.42 Å². The molecule has 0 fully saturated rings. The summed E-state index contributed by atoms with van der Waals surface area (Å²) in [5.74, 6) is -0.420. The Bertz CT molecular complexity index is 1220. The number of benzene rings is 2. The number of rotatable bonds is 5. The fraction of sp³-hybridized carbons (Fsp3) is 0. The maximum atomic E-state index is 12.7. The van der Waals surface area contributed by atoms with Gasteiger partial charge in [0.25, 0.3) is 15.9 Å². The van der Waals surface area contributed by atoms with Gasteiger partial charge in [0.2, 0.25) is 0 Å². The first-order chi connectivity index (χ1) is 13.0. The van der Waals surface area contributed by atoms with Crippen LogP contribution >= 0.6 is 23.1 Å².